The highest BCUT2D eigenvalue weighted by atomic mass is 32.1. The van der Waals surface area contributed by atoms with E-state index < -0.39 is 0 Å². The van der Waals surface area contributed by atoms with Crippen molar-refractivity contribution in [2.75, 3.05) is 23.3 Å². The van der Waals surface area contributed by atoms with Gasteiger partial charge in [-0.1, -0.05) is 24.7 Å². The number of pyridine rings is 1. The van der Waals surface area contributed by atoms with Gasteiger partial charge in [-0.2, -0.15) is 5.26 Å². The predicted octanol–water partition coefficient (Wildman–Crippen LogP) is 3.00. The Balaban J connectivity index is 1.50. The van der Waals surface area contributed by atoms with Gasteiger partial charge < -0.3 is 10.2 Å². The van der Waals surface area contributed by atoms with Crippen LogP contribution in [-0.2, 0) is 11.2 Å². The van der Waals surface area contributed by atoms with Crippen molar-refractivity contribution in [2.24, 2.45) is 5.92 Å². The van der Waals surface area contributed by atoms with Gasteiger partial charge in [-0.3, -0.25) is 4.79 Å². The van der Waals surface area contributed by atoms with Crippen LogP contribution in [0.4, 0.5) is 10.9 Å². The maximum atomic E-state index is 12.5. The normalized spacial score (nSPS) is 14.8. The first-order valence-corrected chi connectivity index (χ1v) is 9.75. The number of hydrogen-bond donors (Lipinski definition) is 1. The Labute approximate surface area is 157 Å². The Bertz CT molecular complexity index is 774. The molecule has 3 rings (SSSR count). The number of nitrogens with one attached hydrogen (secondary N) is 1. The quantitative estimate of drug-likeness (QED) is 0.840. The molecule has 1 aliphatic heterocycles. The van der Waals surface area contributed by atoms with Crippen molar-refractivity contribution < 1.29 is 4.79 Å². The van der Waals surface area contributed by atoms with Crippen LogP contribution in [0.5, 0.6) is 0 Å². The summed E-state index contributed by atoms with van der Waals surface area (Å²) in [6, 6.07) is 5.70. The van der Waals surface area contributed by atoms with Crippen LogP contribution >= 0.6 is 11.3 Å². The molecule has 3 heterocycles. The SMILES string of the molecule is CCCCc1nnc(NC(=O)C2CCN(c3ccc(C#N)cn3)CC2)s1. The third-order valence-electron chi connectivity index (χ3n) is 4.51. The van der Waals surface area contributed by atoms with Crippen molar-refractivity contribution in [3.8, 4) is 6.07 Å². The molecule has 0 radical (unpaired) electrons. The first kappa shape index (κ1) is 18.3. The van der Waals surface area contributed by atoms with Crippen molar-refractivity contribution in [3.05, 3.63) is 28.9 Å². The van der Waals surface area contributed by atoms with E-state index in [0.29, 0.717) is 10.7 Å². The zero-order valence-electron chi connectivity index (χ0n) is 14.8. The molecule has 1 saturated heterocycles. The van der Waals surface area contributed by atoms with E-state index in [9.17, 15) is 4.79 Å². The molecule has 1 aliphatic rings. The van der Waals surface area contributed by atoms with Crippen molar-refractivity contribution >= 4 is 28.2 Å². The molecule has 0 aliphatic carbocycles. The van der Waals surface area contributed by atoms with Gasteiger partial charge in [0, 0.05) is 31.6 Å². The van der Waals surface area contributed by atoms with Crippen LogP contribution in [0, 0.1) is 17.2 Å². The molecule has 1 N–H and O–H groups in total. The van der Waals surface area contributed by atoms with Gasteiger partial charge in [-0.25, -0.2) is 4.98 Å². The van der Waals surface area contributed by atoms with Crippen molar-refractivity contribution in [1.29, 1.82) is 5.26 Å². The molecule has 1 amide bonds. The first-order chi connectivity index (χ1) is 12.7. The average Bonchev–Trinajstić information content (AvgIpc) is 3.13. The van der Waals surface area contributed by atoms with E-state index in [1.165, 1.54) is 11.3 Å². The van der Waals surface area contributed by atoms with Gasteiger partial charge in [-0.15, -0.1) is 10.2 Å². The fourth-order valence-corrected chi connectivity index (χ4v) is 3.74. The number of hydrogen-bond acceptors (Lipinski definition) is 7. The molecule has 2 aromatic rings. The van der Waals surface area contributed by atoms with Crippen LogP contribution < -0.4 is 10.2 Å². The van der Waals surface area contributed by atoms with Crippen LogP contribution in [0.25, 0.3) is 0 Å². The Hall–Kier alpha value is -2.53. The number of aromatic nitrogens is 3. The van der Waals surface area contributed by atoms with Gasteiger partial charge in [0.2, 0.25) is 11.0 Å². The summed E-state index contributed by atoms with van der Waals surface area (Å²) in [5.41, 5.74) is 0.554. The van der Waals surface area contributed by atoms with E-state index in [1.807, 2.05) is 6.07 Å². The predicted molar refractivity (Wildman–Crippen MR) is 101 cm³/mol. The number of aryl methyl sites for hydroxylation is 1. The molecule has 1 fully saturated rings. The van der Waals surface area contributed by atoms with Crippen LogP contribution in [-0.4, -0.2) is 34.2 Å². The van der Waals surface area contributed by atoms with Gasteiger partial charge in [0.15, 0.2) is 0 Å². The molecule has 0 unspecified atom stereocenters. The van der Waals surface area contributed by atoms with Crippen molar-refractivity contribution in [1.82, 2.24) is 15.2 Å². The Morgan fingerprint density at radius 2 is 2.19 bits per heavy atom. The number of unbranched alkanes of at least 4 members (excludes halogenated alkanes) is 1. The number of carbonyl (C=O) groups excluding carboxylic acids is 1. The molecule has 0 bridgehead atoms. The summed E-state index contributed by atoms with van der Waals surface area (Å²) in [5.74, 6) is 0.857. The Kier molecular flexibility index (Phi) is 6.12. The highest BCUT2D eigenvalue weighted by Crippen LogP contribution is 2.24. The lowest BCUT2D eigenvalue weighted by atomic mass is 9.96. The summed E-state index contributed by atoms with van der Waals surface area (Å²) < 4.78 is 0. The zero-order chi connectivity index (χ0) is 18.4. The van der Waals surface area contributed by atoms with Crippen LogP contribution in [0.3, 0.4) is 0 Å². The second-order valence-corrected chi connectivity index (χ2v) is 7.43. The number of amides is 1. The zero-order valence-corrected chi connectivity index (χ0v) is 15.6. The van der Waals surface area contributed by atoms with Crippen molar-refractivity contribution in [2.45, 2.75) is 39.0 Å². The van der Waals surface area contributed by atoms with E-state index in [-0.39, 0.29) is 11.8 Å². The minimum absolute atomic E-state index is 0.0207. The monoisotopic (exact) mass is 370 g/mol. The van der Waals surface area contributed by atoms with Gasteiger partial charge in [-0.05, 0) is 31.4 Å². The van der Waals surface area contributed by atoms with E-state index in [4.69, 9.17) is 5.26 Å². The number of nitriles is 1. The summed E-state index contributed by atoms with van der Waals surface area (Å²) in [7, 11) is 0. The van der Waals surface area contributed by atoms with Gasteiger partial charge >= 0.3 is 0 Å². The fraction of sp³-hybridized carbons (Fsp3) is 0.500. The standard InChI is InChI=1S/C18H22N6OS/c1-2-3-4-16-22-23-18(26-16)21-17(25)14-7-9-24(10-8-14)15-6-5-13(11-19)12-20-15/h5-6,12,14H,2-4,7-10H2,1H3,(H,21,23,25). The molecular weight excluding hydrogens is 348 g/mol. The van der Waals surface area contributed by atoms with Crippen LogP contribution in [0.2, 0.25) is 0 Å². The summed E-state index contributed by atoms with van der Waals surface area (Å²) >= 11 is 1.47. The topological polar surface area (TPSA) is 94.8 Å². The second-order valence-electron chi connectivity index (χ2n) is 6.37. The number of nitrogens with zero attached hydrogens (tertiary/aromatic N) is 5. The van der Waals surface area contributed by atoms with Gasteiger partial charge in [0.25, 0.3) is 0 Å². The summed E-state index contributed by atoms with van der Waals surface area (Å²) in [5, 5.41) is 21.5. The highest BCUT2D eigenvalue weighted by molar-refractivity contribution is 7.15. The van der Waals surface area contributed by atoms with E-state index in [1.54, 1.807) is 12.3 Å². The molecule has 0 aromatic carbocycles. The average molecular weight is 370 g/mol. The largest absolute Gasteiger partial charge is 0.357 e. The molecule has 2 aromatic heterocycles. The molecule has 8 heteroatoms. The molecule has 7 nitrogen and oxygen atoms in total. The lowest BCUT2D eigenvalue weighted by Crippen LogP contribution is -2.38. The fourth-order valence-electron chi connectivity index (χ4n) is 2.95. The number of anilines is 2. The third-order valence-corrected chi connectivity index (χ3v) is 5.41. The Morgan fingerprint density at radius 1 is 1.38 bits per heavy atom. The molecular formula is C18H22N6OS. The molecule has 26 heavy (non-hydrogen) atoms. The summed E-state index contributed by atoms with van der Waals surface area (Å²) in [4.78, 5) is 19.0. The molecule has 0 saturated carbocycles. The van der Waals surface area contributed by atoms with Gasteiger partial charge in [0.05, 0.1) is 5.56 Å². The maximum absolute atomic E-state index is 12.5. The molecule has 136 valence electrons. The number of carbonyl (C=O) groups is 1. The summed E-state index contributed by atoms with van der Waals surface area (Å²) in [6.07, 6.45) is 6.25. The number of piperidine rings is 1. The smallest absolute Gasteiger partial charge is 0.229 e. The highest BCUT2D eigenvalue weighted by Gasteiger charge is 2.26. The van der Waals surface area contributed by atoms with E-state index in [2.05, 4.69) is 38.4 Å². The molecule has 0 spiro atoms. The minimum atomic E-state index is -0.0207. The summed E-state index contributed by atoms with van der Waals surface area (Å²) in [6.45, 7) is 3.69. The second kappa shape index (κ2) is 8.72. The lowest BCUT2D eigenvalue weighted by Gasteiger charge is -2.31. The van der Waals surface area contributed by atoms with Gasteiger partial charge in [0.1, 0.15) is 16.9 Å². The van der Waals surface area contributed by atoms with Crippen molar-refractivity contribution in [3.63, 3.8) is 0 Å². The number of rotatable bonds is 6. The first-order valence-electron chi connectivity index (χ1n) is 8.94. The third kappa shape index (κ3) is 4.55. The van der Waals surface area contributed by atoms with E-state index >= 15 is 0 Å². The minimum Gasteiger partial charge on any atom is -0.357 e. The van der Waals surface area contributed by atoms with Crippen LogP contribution in [0.1, 0.15) is 43.2 Å². The molecule has 0 atom stereocenters. The van der Waals surface area contributed by atoms with Crippen LogP contribution in [0.15, 0.2) is 18.3 Å². The lowest BCUT2D eigenvalue weighted by molar-refractivity contribution is -0.120. The maximum Gasteiger partial charge on any atom is 0.229 e. The van der Waals surface area contributed by atoms with E-state index in [0.717, 1.165) is 56.0 Å². The Morgan fingerprint density at radius 3 is 2.85 bits per heavy atom.